The Morgan fingerprint density at radius 2 is 2.00 bits per heavy atom. The van der Waals surface area contributed by atoms with Gasteiger partial charge >= 0.3 is 6.18 Å². The molecule has 2 N–H and O–H groups in total. The molecule has 1 saturated carbocycles. The third-order valence-corrected chi connectivity index (χ3v) is 7.63. The summed E-state index contributed by atoms with van der Waals surface area (Å²) in [5.41, 5.74) is 0.141. The standard InChI is InChI=1S/C21H20F3N7O2S2/c1-3-35(32,33)19-16(18-28-14-8-11(21(22,23)24)10-25-17(14)30(18)2)29-15-9-13(6-7-31(15)19)27-20(34)26-12-4-5-12/h6-10,12H,3-5H2,1-2H3,(H2,26,27,34). The monoisotopic (exact) mass is 523 g/mol. The molecular weight excluding hydrogens is 503 g/mol. The quantitative estimate of drug-likeness (QED) is 0.383. The number of fused-ring (bicyclic) bond motifs is 2. The maximum absolute atomic E-state index is 13.2. The maximum atomic E-state index is 13.2. The van der Waals surface area contributed by atoms with Crippen LogP contribution in [0.4, 0.5) is 18.9 Å². The third-order valence-electron chi connectivity index (χ3n) is 5.68. The fourth-order valence-electron chi connectivity index (χ4n) is 3.70. The van der Waals surface area contributed by atoms with Crippen LogP contribution in [0.2, 0.25) is 0 Å². The number of nitrogens with one attached hydrogen (secondary N) is 2. The van der Waals surface area contributed by atoms with Crippen molar-refractivity contribution in [3.8, 4) is 11.5 Å². The molecule has 0 saturated heterocycles. The Bertz CT molecular complexity index is 1590. The molecule has 14 heteroatoms. The van der Waals surface area contributed by atoms with E-state index in [4.69, 9.17) is 12.2 Å². The van der Waals surface area contributed by atoms with Crippen LogP contribution in [-0.2, 0) is 23.1 Å². The lowest BCUT2D eigenvalue weighted by atomic mass is 10.2. The molecule has 0 bridgehead atoms. The molecule has 1 fully saturated rings. The van der Waals surface area contributed by atoms with Gasteiger partial charge < -0.3 is 15.2 Å². The molecule has 0 unspecified atom stereocenters. The molecule has 35 heavy (non-hydrogen) atoms. The summed E-state index contributed by atoms with van der Waals surface area (Å²) >= 11 is 5.31. The minimum absolute atomic E-state index is 0.0203. The van der Waals surface area contributed by atoms with Crippen molar-refractivity contribution >= 4 is 49.7 Å². The van der Waals surface area contributed by atoms with Crippen LogP contribution in [0, 0.1) is 0 Å². The van der Waals surface area contributed by atoms with Gasteiger partial charge in [-0.25, -0.2) is 23.4 Å². The van der Waals surface area contributed by atoms with Crippen molar-refractivity contribution in [1.29, 1.82) is 0 Å². The lowest BCUT2D eigenvalue weighted by Crippen LogP contribution is -2.30. The van der Waals surface area contributed by atoms with Gasteiger partial charge in [-0.05, 0) is 37.2 Å². The molecule has 1 aliphatic rings. The van der Waals surface area contributed by atoms with Crippen LogP contribution in [0.5, 0.6) is 0 Å². The first-order valence-electron chi connectivity index (χ1n) is 10.7. The molecule has 9 nitrogen and oxygen atoms in total. The van der Waals surface area contributed by atoms with E-state index in [-0.39, 0.29) is 33.5 Å². The van der Waals surface area contributed by atoms with Gasteiger partial charge in [0.05, 0.1) is 11.3 Å². The SMILES string of the molecule is CCS(=O)(=O)c1c(-c2nc3cc(C(F)(F)F)cnc3n2C)nc2cc(NC(=S)NC3CC3)ccn12. The Morgan fingerprint density at radius 1 is 1.26 bits per heavy atom. The third kappa shape index (κ3) is 4.31. The minimum Gasteiger partial charge on any atom is -0.360 e. The predicted molar refractivity (Wildman–Crippen MR) is 128 cm³/mol. The highest BCUT2D eigenvalue weighted by molar-refractivity contribution is 7.91. The molecular formula is C21H20F3N7O2S2. The average molecular weight is 524 g/mol. The summed E-state index contributed by atoms with van der Waals surface area (Å²) in [6, 6.07) is 4.55. The largest absolute Gasteiger partial charge is 0.417 e. The topological polar surface area (TPSA) is 106 Å². The number of aromatic nitrogens is 5. The fourth-order valence-corrected chi connectivity index (χ4v) is 5.15. The first-order chi connectivity index (χ1) is 16.5. The van der Waals surface area contributed by atoms with Crippen molar-refractivity contribution in [2.75, 3.05) is 11.1 Å². The molecule has 4 aromatic heterocycles. The van der Waals surface area contributed by atoms with Crippen LogP contribution < -0.4 is 10.6 Å². The van der Waals surface area contributed by atoms with Crippen LogP contribution in [0.25, 0.3) is 28.3 Å². The number of sulfone groups is 1. The van der Waals surface area contributed by atoms with E-state index in [0.29, 0.717) is 22.5 Å². The van der Waals surface area contributed by atoms with Crippen molar-refractivity contribution in [2.24, 2.45) is 7.05 Å². The zero-order valence-corrected chi connectivity index (χ0v) is 20.2. The molecule has 0 aromatic carbocycles. The highest BCUT2D eigenvalue weighted by atomic mass is 32.2. The highest BCUT2D eigenvalue weighted by Crippen LogP contribution is 2.34. The van der Waals surface area contributed by atoms with Crippen LogP contribution >= 0.6 is 12.2 Å². The van der Waals surface area contributed by atoms with Gasteiger partial charge in [0.25, 0.3) is 0 Å². The minimum atomic E-state index is -4.59. The summed E-state index contributed by atoms with van der Waals surface area (Å²) in [6.45, 7) is 1.50. The van der Waals surface area contributed by atoms with Gasteiger partial charge in [-0.1, -0.05) is 6.92 Å². The molecule has 184 valence electrons. The number of hydrogen-bond donors (Lipinski definition) is 2. The summed E-state index contributed by atoms with van der Waals surface area (Å²) in [4.78, 5) is 12.7. The number of aryl methyl sites for hydroxylation is 1. The van der Waals surface area contributed by atoms with Gasteiger partial charge in [0.1, 0.15) is 16.9 Å². The zero-order chi connectivity index (χ0) is 25.1. The first-order valence-corrected chi connectivity index (χ1v) is 12.8. The van der Waals surface area contributed by atoms with Crippen molar-refractivity contribution < 1.29 is 21.6 Å². The lowest BCUT2D eigenvalue weighted by Gasteiger charge is -2.10. The van der Waals surface area contributed by atoms with Crippen LogP contribution in [0.1, 0.15) is 25.3 Å². The van der Waals surface area contributed by atoms with E-state index in [1.165, 1.54) is 15.9 Å². The summed E-state index contributed by atoms with van der Waals surface area (Å²) in [5, 5.41) is 6.57. The van der Waals surface area contributed by atoms with Crippen molar-refractivity contribution in [3.05, 3.63) is 36.2 Å². The normalized spacial score (nSPS) is 14.5. The molecule has 5 rings (SSSR count). The predicted octanol–water partition coefficient (Wildman–Crippen LogP) is 3.54. The number of thiocarbonyl (C=S) groups is 1. The van der Waals surface area contributed by atoms with Crippen molar-refractivity contribution in [1.82, 2.24) is 29.2 Å². The van der Waals surface area contributed by atoms with E-state index in [1.54, 1.807) is 25.4 Å². The van der Waals surface area contributed by atoms with Crippen LogP contribution in [-0.4, -0.2) is 49.2 Å². The second kappa shape index (κ2) is 8.16. The van der Waals surface area contributed by atoms with Crippen LogP contribution in [0.15, 0.2) is 35.6 Å². The van der Waals surface area contributed by atoms with Crippen LogP contribution in [0.3, 0.4) is 0 Å². The Morgan fingerprint density at radius 3 is 2.66 bits per heavy atom. The number of anilines is 1. The summed E-state index contributed by atoms with van der Waals surface area (Å²) in [7, 11) is -2.25. The average Bonchev–Trinajstić information content (AvgIpc) is 3.42. The second-order valence-corrected chi connectivity index (χ2v) is 10.8. The summed E-state index contributed by atoms with van der Waals surface area (Å²) < 4.78 is 68.5. The number of alkyl halides is 3. The summed E-state index contributed by atoms with van der Waals surface area (Å²) in [6.07, 6.45) is -0.200. The molecule has 0 amide bonds. The fraction of sp³-hybridized carbons (Fsp3) is 0.333. The molecule has 4 aromatic rings. The Kier molecular flexibility index (Phi) is 5.47. The van der Waals surface area contributed by atoms with Gasteiger partial charge in [-0.3, -0.25) is 4.40 Å². The molecule has 4 heterocycles. The van der Waals surface area contributed by atoms with Crippen molar-refractivity contribution in [3.63, 3.8) is 0 Å². The Hall–Kier alpha value is -3.26. The first kappa shape index (κ1) is 23.5. The summed E-state index contributed by atoms with van der Waals surface area (Å²) in [5.74, 6) is -0.119. The molecule has 0 spiro atoms. The molecule has 0 atom stereocenters. The maximum Gasteiger partial charge on any atom is 0.417 e. The molecule has 0 radical (unpaired) electrons. The second-order valence-electron chi connectivity index (χ2n) is 8.24. The number of halogens is 3. The Labute approximate surface area is 203 Å². The number of hydrogen-bond acceptors (Lipinski definition) is 6. The van der Waals surface area contributed by atoms with Crippen molar-refractivity contribution in [2.45, 2.75) is 37.0 Å². The van der Waals surface area contributed by atoms with E-state index in [2.05, 4.69) is 25.6 Å². The number of imidazole rings is 2. The highest BCUT2D eigenvalue weighted by Gasteiger charge is 2.33. The van der Waals surface area contributed by atoms with Gasteiger partial charge in [0, 0.05) is 37.2 Å². The van der Waals surface area contributed by atoms with Gasteiger partial charge in [0.2, 0.25) is 0 Å². The number of pyridine rings is 2. The van der Waals surface area contributed by atoms with Gasteiger partial charge in [-0.2, -0.15) is 13.2 Å². The molecule has 0 aliphatic heterocycles. The Balaban J connectivity index is 1.65. The number of nitrogens with zero attached hydrogens (tertiary/aromatic N) is 5. The van der Waals surface area contributed by atoms with Gasteiger partial charge in [0.15, 0.2) is 31.4 Å². The van der Waals surface area contributed by atoms with E-state index >= 15 is 0 Å². The van der Waals surface area contributed by atoms with E-state index in [9.17, 15) is 21.6 Å². The lowest BCUT2D eigenvalue weighted by molar-refractivity contribution is -0.137. The van der Waals surface area contributed by atoms with E-state index in [0.717, 1.165) is 25.1 Å². The van der Waals surface area contributed by atoms with E-state index in [1.807, 2.05) is 0 Å². The zero-order valence-electron chi connectivity index (χ0n) is 18.6. The smallest absolute Gasteiger partial charge is 0.360 e. The molecule has 1 aliphatic carbocycles. The van der Waals surface area contributed by atoms with E-state index < -0.39 is 21.6 Å². The van der Waals surface area contributed by atoms with Gasteiger partial charge in [-0.15, -0.1) is 0 Å². The number of rotatable bonds is 5.